The number of ether oxygens (including phenoxy) is 2. The van der Waals surface area contributed by atoms with Gasteiger partial charge >= 0.3 is 13.5 Å². The Balaban J connectivity index is 2.28. The van der Waals surface area contributed by atoms with Crippen LogP contribution < -0.4 is 9.61 Å². The van der Waals surface area contributed by atoms with E-state index in [-0.39, 0.29) is 12.1 Å². The molecule has 1 fully saturated rings. The molecule has 0 bridgehead atoms. The molecule has 4 atom stereocenters. The third-order valence-corrected chi connectivity index (χ3v) is 6.41. The van der Waals surface area contributed by atoms with Crippen LogP contribution in [0.15, 0.2) is 30.3 Å². The average Bonchev–Trinajstić information content (AvgIpc) is 2.97. The van der Waals surface area contributed by atoms with Crippen molar-refractivity contribution in [2.45, 2.75) is 56.9 Å². The van der Waals surface area contributed by atoms with Crippen LogP contribution in [0, 0.1) is 0 Å². The lowest BCUT2D eigenvalue weighted by Gasteiger charge is -2.30. The summed E-state index contributed by atoms with van der Waals surface area (Å²) in [7, 11) is -0.295. The van der Waals surface area contributed by atoms with E-state index in [2.05, 4.69) is 12.9 Å². The van der Waals surface area contributed by atoms with Crippen LogP contribution >= 0.6 is 7.52 Å². The summed E-state index contributed by atoms with van der Waals surface area (Å²) in [5.41, 5.74) is 0. The smallest absolute Gasteiger partial charge is 0.356 e. The van der Waals surface area contributed by atoms with Crippen molar-refractivity contribution >= 4 is 21.3 Å². The predicted octanol–water partition coefficient (Wildman–Crippen LogP) is 2.75. The third-order valence-electron chi connectivity index (χ3n) is 4.10. The number of methoxy groups -OCH3 is 1. The Kier molecular flexibility index (Phi) is 7.11. The van der Waals surface area contributed by atoms with Crippen LogP contribution in [0.3, 0.4) is 0 Å². The van der Waals surface area contributed by atoms with Gasteiger partial charge in [0, 0.05) is 6.04 Å². The normalized spacial score (nSPS) is 23.8. The lowest BCUT2D eigenvalue weighted by molar-refractivity contribution is -0.151. The highest BCUT2D eigenvalue weighted by Gasteiger charge is 2.46. The van der Waals surface area contributed by atoms with Crippen LogP contribution in [0.5, 0.6) is 5.75 Å². The molecule has 0 spiro atoms. The molecule has 1 aromatic rings. The van der Waals surface area contributed by atoms with Crippen LogP contribution in [0.4, 0.5) is 0 Å². The maximum Gasteiger partial charge on any atom is 0.356 e. The zero-order valence-corrected chi connectivity index (χ0v) is 16.2. The van der Waals surface area contributed by atoms with E-state index in [9.17, 15) is 9.36 Å². The first-order chi connectivity index (χ1) is 11.8. The van der Waals surface area contributed by atoms with Crippen LogP contribution in [0.1, 0.15) is 33.1 Å². The molecular weight excluding hydrogens is 340 g/mol. The van der Waals surface area contributed by atoms with Crippen molar-refractivity contribution in [3.8, 4) is 5.75 Å². The minimum absolute atomic E-state index is 0.124. The van der Waals surface area contributed by atoms with Gasteiger partial charge in [0.25, 0.3) is 5.85 Å². The first-order valence-electron chi connectivity index (χ1n) is 8.69. The summed E-state index contributed by atoms with van der Waals surface area (Å²) in [5, 5.41) is 2.91. The number of para-hydroxylation sites is 1. The standard InChI is InChI=1S/C17H27BNO5P/c1-12(2)19-25(21,24-14-7-5-4-6-8-14)17(16(20)22-3)23-15-10-9-13(18)11-15/h4-8,12-13,15,17H,9-11,18H2,1-3H3,(H,19,21). The fourth-order valence-electron chi connectivity index (χ4n) is 2.98. The van der Waals surface area contributed by atoms with Gasteiger partial charge in [0.15, 0.2) is 0 Å². The van der Waals surface area contributed by atoms with Gasteiger partial charge in [-0.2, -0.15) is 0 Å². The maximum atomic E-state index is 13.6. The molecule has 0 aromatic heterocycles. The van der Waals surface area contributed by atoms with Crippen molar-refractivity contribution in [1.82, 2.24) is 5.09 Å². The van der Waals surface area contributed by atoms with Gasteiger partial charge < -0.3 is 14.0 Å². The van der Waals surface area contributed by atoms with Crippen LogP contribution in [0.2, 0.25) is 5.82 Å². The zero-order valence-electron chi connectivity index (χ0n) is 15.3. The molecule has 1 N–H and O–H groups in total. The lowest BCUT2D eigenvalue weighted by atomic mass is 9.86. The molecule has 0 radical (unpaired) electrons. The first kappa shape index (κ1) is 20.0. The first-order valence-corrected chi connectivity index (χ1v) is 10.4. The average molecular weight is 367 g/mol. The van der Waals surface area contributed by atoms with Gasteiger partial charge in [-0.3, -0.25) is 4.57 Å². The molecule has 8 heteroatoms. The highest BCUT2D eigenvalue weighted by molar-refractivity contribution is 7.58. The summed E-state index contributed by atoms with van der Waals surface area (Å²) >= 11 is 0. The SMILES string of the molecule is BC1CCC(OC(C(=O)OC)P(=O)(NC(C)C)Oc2ccccc2)C1. The van der Waals surface area contributed by atoms with Crippen molar-refractivity contribution in [3.63, 3.8) is 0 Å². The fourth-order valence-corrected chi connectivity index (χ4v) is 5.13. The van der Waals surface area contributed by atoms with Crippen LogP contribution in [-0.2, 0) is 18.8 Å². The van der Waals surface area contributed by atoms with Crippen molar-refractivity contribution < 1.29 is 23.4 Å². The number of hydrogen-bond acceptors (Lipinski definition) is 5. The molecule has 1 aliphatic carbocycles. The maximum absolute atomic E-state index is 13.6. The van der Waals surface area contributed by atoms with E-state index in [1.807, 2.05) is 19.9 Å². The molecule has 2 rings (SSSR count). The monoisotopic (exact) mass is 367 g/mol. The summed E-state index contributed by atoms with van der Waals surface area (Å²) in [6, 6.07) is 8.62. The Morgan fingerprint density at radius 1 is 1.28 bits per heavy atom. The second-order valence-electron chi connectivity index (χ2n) is 6.84. The summed E-state index contributed by atoms with van der Waals surface area (Å²) in [6.45, 7) is 3.68. The Morgan fingerprint density at radius 2 is 1.96 bits per heavy atom. The molecule has 1 aromatic carbocycles. The minimum atomic E-state index is -3.70. The van der Waals surface area contributed by atoms with E-state index in [1.165, 1.54) is 7.11 Å². The molecular formula is C17H27BNO5P. The fraction of sp³-hybridized carbons (Fsp3) is 0.588. The van der Waals surface area contributed by atoms with Crippen LogP contribution in [-0.4, -0.2) is 38.9 Å². The molecule has 0 amide bonds. The van der Waals surface area contributed by atoms with Crippen molar-refractivity contribution in [2.75, 3.05) is 7.11 Å². The second kappa shape index (κ2) is 8.88. The number of hydrogen-bond donors (Lipinski definition) is 1. The molecule has 0 saturated heterocycles. The molecule has 4 unspecified atom stereocenters. The van der Waals surface area contributed by atoms with Gasteiger partial charge in [0.05, 0.1) is 13.2 Å². The van der Waals surface area contributed by atoms with E-state index in [0.717, 1.165) is 19.3 Å². The molecule has 6 nitrogen and oxygen atoms in total. The third kappa shape index (κ3) is 5.60. The predicted molar refractivity (Wildman–Crippen MR) is 99.8 cm³/mol. The molecule has 138 valence electrons. The van der Waals surface area contributed by atoms with Gasteiger partial charge in [-0.1, -0.05) is 30.4 Å². The molecule has 1 saturated carbocycles. The van der Waals surface area contributed by atoms with E-state index >= 15 is 0 Å². The van der Waals surface area contributed by atoms with Crippen molar-refractivity contribution in [2.24, 2.45) is 0 Å². The molecule has 0 heterocycles. The summed E-state index contributed by atoms with van der Waals surface area (Å²) in [5.74, 6) is -1.05. The number of benzene rings is 1. The van der Waals surface area contributed by atoms with Crippen LogP contribution in [0.25, 0.3) is 0 Å². The quantitative estimate of drug-likeness (QED) is 0.433. The van der Waals surface area contributed by atoms with Crippen molar-refractivity contribution in [1.29, 1.82) is 0 Å². The number of carbonyl (C=O) groups excluding carboxylic acids is 1. The van der Waals surface area contributed by atoms with Gasteiger partial charge in [-0.25, -0.2) is 9.88 Å². The Hall–Kier alpha value is -1.30. The van der Waals surface area contributed by atoms with E-state index in [0.29, 0.717) is 11.6 Å². The van der Waals surface area contributed by atoms with Gasteiger partial charge in [0.1, 0.15) is 13.6 Å². The van der Waals surface area contributed by atoms with Gasteiger partial charge in [-0.05, 0) is 38.8 Å². The van der Waals surface area contributed by atoms with E-state index in [1.54, 1.807) is 24.3 Å². The molecule has 0 aliphatic heterocycles. The molecule has 25 heavy (non-hydrogen) atoms. The number of nitrogens with one attached hydrogen (secondary N) is 1. The largest absolute Gasteiger partial charge is 0.467 e. The number of esters is 1. The zero-order chi connectivity index (χ0) is 18.4. The number of rotatable bonds is 8. The Bertz CT molecular complexity index is 612. The summed E-state index contributed by atoms with van der Waals surface area (Å²) in [4.78, 5) is 12.4. The van der Waals surface area contributed by atoms with Crippen molar-refractivity contribution in [3.05, 3.63) is 30.3 Å². The summed E-state index contributed by atoms with van der Waals surface area (Å²) in [6.07, 6.45) is 2.57. The number of carbonyl (C=O) groups is 1. The topological polar surface area (TPSA) is 73.9 Å². The highest BCUT2D eigenvalue weighted by atomic mass is 31.2. The minimum Gasteiger partial charge on any atom is -0.467 e. The van der Waals surface area contributed by atoms with Gasteiger partial charge in [-0.15, -0.1) is 0 Å². The Morgan fingerprint density at radius 3 is 2.48 bits per heavy atom. The van der Waals surface area contributed by atoms with E-state index < -0.39 is 19.3 Å². The van der Waals surface area contributed by atoms with E-state index in [4.69, 9.17) is 14.0 Å². The molecule has 1 aliphatic rings. The highest BCUT2D eigenvalue weighted by Crippen LogP contribution is 2.51. The summed E-state index contributed by atoms with van der Waals surface area (Å²) < 4.78 is 30.2. The van der Waals surface area contributed by atoms with Gasteiger partial charge in [0.2, 0.25) is 0 Å². The second-order valence-corrected chi connectivity index (χ2v) is 8.94. The lowest BCUT2D eigenvalue weighted by Crippen LogP contribution is -2.38. The Labute approximate surface area is 150 Å².